The van der Waals surface area contributed by atoms with E-state index in [1.807, 2.05) is 24.0 Å². The van der Waals surface area contributed by atoms with Crippen molar-refractivity contribution in [2.24, 2.45) is 0 Å². The minimum absolute atomic E-state index is 0.0589. The molecule has 2 N–H and O–H groups in total. The molecule has 2 aromatic carbocycles. The number of rotatable bonds is 5. The molecule has 4 heterocycles. The summed E-state index contributed by atoms with van der Waals surface area (Å²) in [6.07, 6.45) is 3.56. The van der Waals surface area contributed by atoms with E-state index in [9.17, 15) is 4.79 Å². The van der Waals surface area contributed by atoms with Crippen LogP contribution in [0.3, 0.4) is 0 Å². The van der Waals surface area contributed by atoms with Gasteiger partial charge in [-0.1, -0.05) is 41.7 Å². The van der Waals surface area contributed by atoms with E-state index in [2.05, 4.69) is 89.5 Å². The van der Waals surface area contributed by atoms with Crippen LogP contribution in [0.1, 0.15) is 36.8 Å². The fourth-order valence-electron chi connectivity index (χ4n) is 4.92. The maximum absolute atomic E-state index is 11.9. The largest absolute Gasteiger partial charge is 0.374 e. The highest BCUT2D eigenvalue weighted by Crippen LogP contribution is 2.52. The third-order valence-electron chi connectivity index (χ3n) is 6.93. The Morgan fingerprint density at radius 3 is 2.76 bits per heavy atom. The van der Waals surface area contributed by atoms with Crippen molar-refractivity contribution in [1.29, 1.82) is 0 Å². The molecule has 0 aliphatic carbocycles. The maximum atomic E-state index is 11.9. The Morgan fingerprint density at radius 1 is 1.05 bits per heavy atom. The number of fused-ring (bicyclic) bond motifs is 2. The number of morpholine rings is 1. The van der Waals surface area contributed by atoms with E-state index >= 15 is 0 Å². The molecule has 1 atom stereocenters. The summed E-state index contributed by atoms with van der Waals surface area (Å²) in [5.41, 5.74) is 5.00. The number of ether oxygens (including phenoxy) is 1. The van der Waals surface area contributed by atoms with Gasteiger partial charge in [-0.2, -0.15) is 0 Å². The molecule has 0 bridgehead atoms. The molecule has 2 aromatic heterocycles. The zero-order valence-corrected chi connectivity index (χ0v) is 23.3. The van der Waals surface area contributed by atoms with Gasteiger partial charge >= 0.3 is 0 Å². The zero-order valence-electron chi connectivity index (χ0n) is 21.7. The fourth-order valence-corrected chi connectivity index (χ4v) is 7.37. The Labute approximate surface area is 231 Å². The lowest BCUT2D eigenvalue weighted by molar-refractivity contribution is 0.0379. The molecule has 2 aliphatic rings. The van der Waals surface area contributed by atoms with Crippen LogP contribution in [0.2, 0.25) is 0 Å². The van der Waals surface area contributed by atoms with Crippen LogP contribution >= 0.6 is 23.5 Å². The second kappa shape index (κ2) is 10.2. The summed E-state index contributed by atoms with van der Waals surface area (Å²) >= 11 is 3.62. The average Bonchev–Trinajstić information content (AvgIpc) is 2.92. The molecule has 0 radical (unpaired) electrons. The van der Waals surface area contributed by atoms with E-state index in [1.54, 1.807) is 24.0 Å². The molecule has 2 aliphatic heterocycles. The minimum atomic E-state index is -0.298. The zero-order chi connectivity index (χ0) is 26.3. The summed E-state index contributed by atoms with van der Waals surface area (Å²) < 4.78 is 6.26. The monoisotopic (exact) mass is 542 g/mol. The van der Waals surface area contributed by atoms with Crippen molar-refractivity contribution in [2.45, 2.75) is 52.0 Å². The lowest BCUT2D eigenvalue weighted by Crippen LogP contribution is -2.39. The number of benzene rings is 2. The molecule has 8 heteroatoms. The van der Waals surface area contributed by atoms with Crippen LogP contribution < -0.4 is 15.8 Å². The Morgan fingerprint density at radius 2 is 1.95 bits per heavy atom. The fraction of sp³-hybridized carbons (Fsp3) is 0.267. The van der Waals surface area contributed by atoms with E-state index in [4.69, 9.17) is 4.74 Å². The number of hydrogen-bond acceptors (Lipinski definition) is 7. The van der Waals surface area contributed by atoms with Gasteiger partial charge < -0.3 is 19.9 Å². The van der Waals surface area contributed by atoms with E-state index in [-0.39, 0.29) is 17.2 Å². The average molecular weight is 543 g/mol. The summed E-state index contributed by atoms with van der Waals surface area (Å²) in [6, 6.07) is 20.9. The molecule has 0 saturated carbocycles. The molecule has 1 fully saturated rings. The Bertz CT molecular complexity index is 1530. The number of pyridine rings is 2. The van der Waals surface area contributed by atoms with Crippen molar-refractivity contribution < 1.29 is 4.74 Å². The van der Waals surface area contributed by atoms with Crippen LogP contribution in [0.5, 0.6) is 0 Å². The molecule has 194 valence electrons. The third-order valence-corrected chi connectivity index (χ3v) is 9.54. The summed E-state index contributed by atoms with van der Waals surface area (Å²) in [5.74, 6) is 0. The molecule has 38 heavy (non-hydrogen) atoms. The van der Waals surface area contributed by atoms with Gasteiger partial charge in [0.25, 0.3) is 0 Å². The van der Waals surface area contributed by atoms with E-state index in [0.29, 0.717) is 13.2 Å². The summed E-state index contributed by atoms with van der Waals surface area (Å²) in [4.78, 5) is 26.4. The van der Waals surface area contributed by atoms with Crippen LogP contribution in [0.4, 0.5) is 11.4 Å². The first-order valence-electron chi connectivity index (χ1n) is 12.7. The third kappa shape index (κ3) is 5.08. The summed E-state index contributed by atoms with van der Waals surface area (Å²) in [5, 5.41) is 3.68. The topological polar surface area (TPSA) is 70.2 Å². The Balaban J connectivity index is 1.23. The van der Waals surface area contributed by atoms with E-state index < -0.39 is 0 Å². The molecular formula is C30H30N4O2S2. The van der Waals surface area contributed by atoms with Gasteiger partial charge in [-0.3, -0.25) is 9.78 Å². The van der Waals surface area contributed by atoms with Gasteiger partial charge in [0.1, 0.15) is 6.10 Å². The smallest absolute Gasteiger partial charge is 0.249 e. The Kier molecular flexibility index (Phi) is 6.72. The summed E-state index contributed by atoms with van der Waals surface area (Å²) in [6.45, 7) is 8.48. The van der Waals surface area contributed by atoms with Crippen LogP contribution in [-0.4, -0.2) is 29.7 Å². The van der Waals surface area contributed by atoms with Crippen LogP contribution in [-0.2, 0) is 10.3 Å². The number of H-pyrrole nitrogens is 1. The lowest BCUT2D eigenvalue weighted by Gasteiger charge is -2.36. The predicted octanol–water partition coefficient (Wildman–Crippen LogP) is 6.62. The van der Waals surface area contributed by atoms with Crippen LogP contribution in [0.25, 0.3) is 0 Å². The first kappa shape index (κ1) is 25.1. The number of nitrogens with zero attached hydrogens (tertiary/aromatic N) is 2. The van der Waals surface area contributed by atoms with Gasteiger partial charge in [0.05, 0.1) is 17.8 Å². The van der Waals surface area contributed by atoms with Crippen molar-refractivity contribution >= 4 is 34.9 Å². The number of aryl methyl sites for hydroxylation is 1. The first-order valence-corrected chi connectivity index (χ1v) is 14.4. The van der Waals surface area contributed by atoms with Crippen molar-refractivity contribution in [3.8, 4) is 0 Å². The van der Waals surface area contributed by atoms with Gasteiger partial charge in [-0.25, -0.2) is 0 Å². The first-order chi connectivity index (χ1) is 18.4. The molecule has 0 spiro atoms. The van der Waals surface area contributed by atoms with Crippen molar-refractivity contribution in [3.63, 3.8) is 0 Å². The number of anilines is 2. The molecule has 6 rings (SSSR count). The van der Waals surface area contributed by atoms with Gasteiger partial charge in [0, 0.05) is 62.5 Å². The second-order valence-corrected chi connectivity index (χ2v) is 12.4. The quantitative estimate of drug-likeness (QED) is 0.259. The van der Waals surface area contributed by atoms with E-state index in [0.717, 1.165) is 29.2 Å². The highest BCUT2D eigenvalue weighted by molar-refractivity contribution is 8.05. The number of aromatic nitrogens is 2. The van der Waals surface area contributed by atoms with Crippen molar-refractivity contribution in [1.82, 2.24) is 9.97 Å². The van der Waals surface area contributed by atoms with Gasteiger partial charge in [-0.15, -0.1) is 0 Å². The van der Waals surface area contributed by atoms with Gasteiger partial charge in [-0.05, 0) is 68.3 Å². The number of nitrogens with one attached hydrogen (secondary N) is 2. The van der Waals surface area contributed by atoms with Crippen LogP contribution in [0.15, 0.2) is 97.4 Å². The molecular weight excluding hydrogens is 512 g/mol. The van der Waals surface area contributed by atoms with Crippen LogP contribution in [0, 0.1) is 6.92 Å². The number of hydrogen-bond donors (Lipinski definition) is 2. The van der Waals surface area contributed by atoms with Crippen molar-refractivity contribution in [3.05, 3.63) is 100 Å². The lowest BCUT2D eigenvalue weighted by atomic mass is 9.99. The molecule has 1 unspecified atom stereocenters. The highest BCUT2D eigenvalue weighted by Gasteiger charge is 2.29. The molecule has 4 aromatic rings. The SMILES string of the molecule is Cc1ccc(C(C)(C)Nc2ccc3c(c2)Sc2cccc(C4CN(c5cc[nH]c(=O)c5)CCO4)c2S3)nc1. The predicted molar refractivity (Wildman–Crippen MR) is 155 cm³/mol. The van der Waals surface area contributed by atoms with E-state index in [1.165, 1.54) is 25.1 Å². The maximum Gasteiger partial charge on any atom is 0.249 e. The Hall–Kier alpha value is -3.20. The van der Waals surface area contributed by atoms with Crippen molar-refractivity contribution in [2.75, 3.05) is 29.9 Å². The second-order valence-electron chi connectivity index (χ2n) is 10.2. The van der Waals surface area contributed by atoms with Gasteiger partial charge in [0.2, 0.25) is 5.56 Å². The molecule has 6 nitrogen and oxygen atoms in total. The normalized spacial score (nSPS) is 17.0. The minimum Gasteiger partial charge on any atom is -0.374 e. The van der Waals surface area contributed by atoms with Gasteiger partial charge in [0.15, 0.2) is 0 Å². The standard InChI is InChI=1S/C30H30N4O2S2/c1-19-7-10-27(32-17-19)30(2,3)33-20-8-9-24-26(15-20)37-25-6-4-5-22(29(25)38-24)23-18-34(13-14-36-23)21-11-12-31-28(35)16-21/h4-12,15-17,23,33H,13-14,18H2,1-3H3,(H,31,35). The molecule has 1 saturated heterocycles. The molecule has 0 amide bonds. The number of aromatic amines is 1. The highest BCUT2D eigenvalue weighted by atomic mass is 32.2. The summed E-state index contributed by atoms with van der Waals surface area (Å²) in [7, 11) is 0.